The molecule has 6 heteroatoms. The van der Waals surface area contributed by atoms with Crippen LogP contribution in [0, 0.1) is 0 Å². The fourth-order valence-corrected chi connectivity index (χ4v) is 2.19. The SMILES string of the molecule is COc1cccc(C2(Cn3cncn3)OCCO2)c1. The average molecular weight is 261 g/mol. The van der Waals surface area contributed by atoms with Crippen molar-refractivity contribution in [1.29, 1.82) is 0 Å². The van der Waals surface area contributed by atoms with Gasteiger partial charge in [-0.3, -0.25) is 0 Å². The first-order valence-corrected chi connectivity index (χ1v) is 6.07. The summed E-state index contributed by atoms with van der Waals surface area (Å²) in [5.41, 5.74) is 0.917. The summed E-state index contributed by atoms with van der Waals surface area (Å²) in [6, 6.07) is 7.69. The Labute approximate surface area is 110 Å². The van der Waals surface area contributed by atoms with E-state index >= 15 is 0 Å². The van der Waals surface area contributed by atoms with E-state index in [-0.39, 0.29) is 0 Å². The molecule has 3 rings (SSSR count). The molecular formula is C13H15N3O3. The van der Waals surface area contributed by atoms with Crippen LogP contribution in [0.4, 0.5) is 0 Å². The lowest BCUT2D eigenvalue weighted by Crippen LogP contribution is -2.33. The molecule has 1 fully saturated rings. The van der Waals surface area contributed by atoms with Crippen LogP contribution in [0.5, 0.6) is 5.75 Å². The summed E-state index contributed by atoms with van der Waals surface area (Å²) in [6.45, 7) is 1.58. The van der Waals surface area contributed by atoms with Crippen LogP contribution in [0.25, 0.3) is 0 Å². The molecule has 0 unspecified atom stereocenters. The van der Waals surface area contributed by atoms with Crippen LogP contribution < -0.4 is 4.74 Å². The molecule has 1 aliphatic rings. The van der Waals surface area contributed by atoms with Gasteiger partial charge >= 0.3 is 0 Å². The van der Waals surface area contributed by atoms with Crippen molar-refractivity contribution in [2.45, 2.75) is 12.3 Å². The molecule has 1 aromatic carbocycles. The number of rotatable bonds is 4. The fraction of sp³-hybridized carbons (Fsp3) is 0.385. The van der Waals surface area contributed by atoms with E-state index in [0.717, 1.165) is 11.3 Å². The molecule has 0 N–H and O–H groups in total. The minimum atomic E-state index is -0.817. The quantitative estimate of drug-likeness (QED) is 0.827. The van der Waals surface area contributed by atoms with Crippen LogP contribution in [-0.4, -0.2) is 35.1 Å². The predicted molar refractivity (Wildman–Crippen MR) is 66.6 cm³/mol. The standard InChI is InChI=1S/C13H15N3O3/c1-17-12-4-2-3-11(7-12)13(18-5-6-19-13)8-16-10-14-9-15-16/h2-4,7,9-10H,5-6,8H2,1H3. The van der Waals surface area contributed by atoms with Crippen LogP contribution >= 0.6 is 0 Å². The molecule has 0 atom stereocenters. The summed E-state index contributed by atoms with van der Waals surface area (Å²) in [5.74, 6) is -0.0445. The predicted octanol–water partition coefficient (Wildman–Crippen LogP) is 1.19. The molecule has 0 radical (unpaired) electrons. The molecule has 1 saturated heterocycles. The van der Waals surface area contributed by atoms with Crippen LogP contribution in [0.3, 0.4) is 0 Å². The third-order valence-electron chi connectivity index (χ3n) is 3.10. The normalized spacial score (nSPS) is 17.5. The van der Waals surface area contributed by atoms with Crippen molar-refractivity contribution < 1.29 is 14.2 Å². The van der Waals surface area contributed by atoms with Crippen molar-refractivity contribution in [3.8, 4) is 5.75 Å². The maximum absolute atomic E-state index is 5.83. The summed E-state index contributed by atoms with van der Waals surface area (Å²) in [5, 5.41) is 4.11. The van der Waals surface area contributed by atoms with Gasteiger partial charge in [-0.15, -0.1) is 0 Å². The molecule has 2 aromatic rings. The maximum atomic E-state index is 5.83. The zero-order valence-electron chi connectivity index (χ0n) is 10.7. The zero-order chi connectivity index (χ0) is 13.1. The van der Waals surface area contributed by atoms with Crippen molar-refractivity contribution in [2.24, 2.45) is 0 Å². The Balaban J connectivity index is 1.95. The smallest absolute Gasteiger partial charge is 0.215 e. The Morgan fingerprint density at radius 3 is 2.89 bits per heavy atom. The maximum Gasteiger partial charge on any atom is 0.215 e. The van der Waals surface area contributed by atoms with E-state index in [1.807, 2.05) is 24.3 Å². The van der Waals surface area contributed by atoms with Gasteiger partial charge in [0, 0.05) is 5.56 Å². The number of ether oxygens (including phenoxy) is 3. The Kier molecular flexibility index (Phi) is 3.18. The summed E-state index contributed by atoms with van der Waals surface area (Å²) in [6.07, 6.45) is 3.14. The largest absolute Gasteiger partial charge is 0.497 e. The Morgan fingerprint density at radius 2 is 2.21 bits per heavy atom. The minimum absolute atomic E-state index is 0.458. The van der Waals surface area contributed by atoms with E-state index in [9.17, 15) is 0 Å². The molecule has 19 heavy (non-hydrogen) atoms. The molecule has 1 aromatic heterocycles. The second-order valence-corrected chi connectivity index (χ2v) is 4.27. The van der Waals surface area contributed by atoms with Crippen molar-refractivity contribution in [3.63, 3.8) is 0 Å². The number of hydrogen-bond donors (Lipinski definition) is 0. The fourth-order valence-electron chi connectivity index (χ4n) is 2.19. The number of aromatic nitrogens is 3. The molecule has 1 aliphatic heterocycles. The summed E-state index contributed by atoms with van der Waals surface area (Å²) in [4.78, 5) is 3.94. The van der Waals surface area contributed by atoms with Crippen LogP contribution in [-0.2, 0) is 21.8 Å². The van der Waals surface area contributed by atoms with E-state index in [2.05, 4.69) is 10.1 Å². The average Bonchev–Trinajstić information content (AvgIpc) is 3.12. The van der Waals surface area contributed by atoms with Crippen LogP contribution in [0.2, 0.25) is 0 Å². The highest BCUT2D eigenvalue weighted by Crippen LogP contribution is 2.34. The Morgan fingerprint density at radius 1 is 1.37 bits per heavy atom. The highest BCUT2D eigenvalue weighted by atomic mass is 16.7. The highest BCUT2D eigenvalue weighted by Gasteiger charge is 2.39. The van der Waals surface area contributed by atoms with E-state index in [4.69, 9.17) is 14.2 Å². The molecule has 0 spiro atoms. The van der Waals surface area contributed by atoms with E-state index in [1.165, 1.54) is 6.33 Å². The van der Waals surface area contributed by atoms with Crippen molar-refractivity contribution in [3.05, 3.63) is 42.5 Å². The lowest BCUT2D eigenvalue weighted by molar-refractivity contribution is -0.177. The van der Waals surface area contributed by atoms with Gasteiger partial charge in [0.15, 0.2) is 0 Å². The van der Waals surface area contributed by atoms with Gasteiger partial charge in [-0.2, -0.15) is 5.10 Å². The molecule has 2 heterocycles. The monoisotopic (exact) mass is 261 g/mol. The highest BCUT2D eigenvalue weighted by molar-refractivity contribution is 5.31. The zero-order valence-corrected chi connectivity index (χ0v) is 10.7. The van der Waals surface area contributed by atoms with E-state index < -0.39 is 5.79 Å². The second-order valence-electron chi connectivity index (χ2n) is 4.27. The summed E-state index contributed by atoms with van der Waals surface area (Å²) in [7, 11) is 1.64. The third kappa shape index (κ3) is 2.32. The van der Waals surface area contributed by atoms with Gasteiger partial charge in [0.2, 0.25) is 5.79 Å². The second kappa shape index (κ2) is 4.99. The lowest BCUT2D eigenvalue weighted by Gasteiger charge is -2.27. The molecule has 100 valence electrons. The molecule has 0 amide bonds. The van der Waals surface area contributed by atoms with E-state index in [0.29, 0.717) is 19.8 Å². The lowest BCUT2D eigenvalue weighted by atomic mass is 10.1. The van der Waals surface area contributed by atoms with Crippen molar-refractivity contribution in [2.75, 3.05) is 20.3 Å². The van der Waals surface area contributed by atoms with Gasteiger partial charge in [-0.25, -0.2) is 9.67 Å². The van der Waals surface area contributed by atoms with Crippen molar-refractivity contribution >= 4 is 0 Å². The number of benzene rings is 1. The van der Waals surface area contributed by atoms with Crippen LogP contribution in [0.15, 0.2) is 36.9 Å². The molecule has 0 saturated carbocycles. The molecular weight excluding hydrogens is 246 g/mol. The number of nitrogens with zero attached hydrogens (tertiary/aromatic N) is 3. The topological polar surface area (TPSA) is 58.4 Å². The third-order valence-corrected chi connectivity index (χ3v) is 3.10. The molecule has 0 bridgehead atoms. The van der Waals surface area contributed by atoms with Gasteiger partial charge in [0.25, 0.3) is 0 Å². The van der Waals surface area contributed by atoms with Crippen molar-refractivity contribution in [1.82, 2.24) is 14.8 Å². The van der Waals surface area contributed by atoms with Gasteiger partial charge in [-0.1, -0.05) is 12.1 Å². The summed E-state index contributed by atoms with van der Waals surface area (Å²) >= 11 is 0. The summed E-state index contributed by atoms with van der Waals surface area (Å²) < 4.78 is 18.6. The molecule has 6 nitrogen and oxygen atoms in total. The van der Waals surface area contributed by atoms with Crippen LogP contribution in [0.1, 0.15) is 5.56 Å². The minimum Gasteiger partial charge on any atom is -0.497 e. The van der Waals surface area contributed by atoms with Gasteiger partial charge in [-0.05, 0) is 12.1 Å². The number of methoxy groups -OCH3 is 1. The Bertz CT molecular complexity index is 536. The van der Waals surface area contributed by atoms with Gasteiger partial charge in [0.1, 0.15) is 24.9 Å². The Hall–Kier alpha value is -1.92. The number of hydrogen-bond acceptors (Lipinski definition) is 5. The van der Waals surface area contributed by atoms with Gasteiger partial charge < -0.3 is 14.2 Å². The first-order chi connectivity index (χ1) is 9.32. The van der Waals surface area contributed by atoms with E-state index in [1.54, 1.807) is 18.1 Å². The van der Waals surface area contributed by atoms with Gasteiger partial charge in [0.05, 0.1) is 20.3 Å². The first-order valence-electron chi connectivity index (χ1n) is 6.07. The first kappa shape index (κ1) is 12.1. The molecule has 0 aliphatic carbocycles.